The maximum absolute atomic E-state index is 12.3. The van der Waals surface area contributed by atoms with Crippen molar-refractivity contribution in [2.75, 3.05) is 20.1 Å². The van der Waals surface area contributed by atoms with E-state index in [4.69, 9.17) is 0 Å². The summed E-state index contributed by atoms with van der Waals surface area (Å²) in [6, 6.07) is 11.0. The lowest BCUT2D eigenvalue weighted by molar-refractivity contribution is 0.0773. The van der Waals surface area contributed by atoms with Gasteiger partial charge in [-0.1, -0.05) is 12.1 Å². The molecule has 0 saturated heterocycles. The molecule has 0 aliphatic heterocycles. The van der Waals surface area contributed by atoms with E-state index >= 15 is 0 Å². The van der Waals surface area contributed by atoms with E-state index in [0.717, 1.165) is 11.1 Å². The first kappa shape index (κ1) is 19.4. The molecule has 26 heavy (non-hydrogen) atoms. The van der Waals surface area contributed by atoms with Gasteiger partial charge < -0.3 is 15.1 Å². The average Bonchev–Trinajstić information content (AvgIpc) is 2.68. The second kappa shape index (κ2) is 9.56. The van der Waals surface area contributed by atoms with Crippen LogP contribution in [0.1, 0.15) is 35.3 Å². The SMILES string of the molecule is CCN(CC)C(=O)c1ccc(CNC(=O)N(C)Cc2ccncc2)cc1. The maximum atomic E-state index is 12.3. The summed E-state index contributed by atoms with van der Waals surface area (Å²) in [6.45, 7) is 6.25. The quantitative estimate of drug-likeness (QED) is 0.831. The second-order valence-corrected chi connectivity index (χ2v) is 6.04. The van der Waals surface area contributed by atoms with Crippen molar-refractivity contribution in [3.8, 4) is 0 Å². The summed E-state index contributed by atoms with van der Waals surface area (Å²) in [7, 11) is 1.75. The molecule has 1 aromatic carbocycles. The molecule has 0 atom stereocenters. The predicted molar refractivity (Wildman–Crippen MR) is 102 cm³/mol. The lowest BCUT2D eigenvalue weighted by atomic mass is 10.1. The predicted octanol–water partition coefficient (Wildman–Crippen LogP) is 2.91. The zero-order chi connectivity index (χ0) is 18.9. The van der Waals surface area contributed by atoms with Gasteiger partial charge in [-0.15, -0.1) is 0 Å². The lowest BCUT2D eigenvalue weighted by Crippen LogP contribution is -2.36. The van der Waals surface area contributed by atoms with E-state index in [9.17, 15) is 9.59 Å². The minimum Gasteiger partial charge on any atom is -0.339 e. The van der Waals surface area contributed by atoms with E-state index in [1.165, 1.54) is 0 Å². The molecular weight excluding hydrogens is 328 g/mol. The summed E-state index contributed by atoms with van der Waals surface area (Å²) in [6.07, 6.45) is 3.42. The number of amides is 3. The van der Waals surface area contributed by atoms with Gasteiger partial charge in [-0.25, -0.2) is 4.79 Å². The molecule has 0 bridgehead atoms. The summed E-state index contributed by atoms with van der Waals surface area (Å²) in [4.78, 5) is 31.9. The first-order chi connectivity index (χ1) is 12.5. The molecule has 0 unspecified atom stereocenters. The lowest BCUT2D eigenvalue weighted by Gasteiger charge is -2.19. The van der Waals surface area contributed by atoms with Crippen LogP contribution in [0.4, 0.5) is 4.79 Å². The zero-order valence-corrected chi connectivity index (χ0v) is 15.6. The van der Waals surface area contributed by atoms with Crippen LogP contribution in [-0.2, 0) is 13.1 Å². The van der Waals surface area contributed by atoms with Crippen LogP contribution >= 0.6 is 0 Å². The van der Waals surface area contributed by atoms with Gasteiger partial charge in [-0.3, -0.25) is 9.78 Å². The molecule has 2 aromatic rings. The normalized spacial score (nSPS) is 10.3. The van der Waals surface area contributed by atoms with Crippen LogP contribution in [0.3, 0.4) is 0 Å². The molecule has 1 N–H and O–H groups in total. The van der Waals surface area contributed by atoms with Crippen LogP contribution in [-0.4, -0.2) is 46.9 Å². The minimum absolute atomic E-state index is 0.0302. The number of carbonyl (C=O) groups excluding carboxylic acids is 2. The van der Waals surface area contributed by atoms with Gasteiger partial charge in [0.1, 0.15) is 0 Å². The molecule has 1 heterocycles. The van der Waals surface area contributed by atoms with Crippen molar-refractivity contribution in [1.29, 1.82) is 0 Å². The highest BCUT2D eigenvalue weighted by Gasteiger charge is 2.12. The van der Waals surface area contributed by atoms with E-state index in [-0.39, 0.29) is 11.9 Å². The fourth-order valence-corrected chi connectivity index (χ4v) is 2.61. The number of nitrogens with one attached hydrogen (secondary N) is 1. The van der Waals surface area contributed by atoms with Gasteiger partial charge in [0.25, 0.3) is 5.91 Å². The molecule has 0 spiro atoms. The van der Waals surface area contributed by atoms with Crippen molar-refractivity contribution < 1.29 is 9.59 Å². The minimum atomic E-state index is -0.148. The van der Waals surface area contributed by atoms with Gasteiger partial charge in [0.2, 0.25) is 0 Å². The van der Waals surface area contributed by atoms with E-state index < -0.39 is 0 Å². The molecule has 6 nitrogen and oxygen atoms in total. The van der Waals surface area contributed by atoms with Crippen molar-refractivity contribution in [1.82, 2.24) is 20.1 Å². The first-order valence-electron chi connectivity index (χ1n) is 8.81. The third-order valence-corrected chi connectivity index (χ3v) is 4.21. The van der Waals surface area contributed by atoms with Crippen LogP contribution in [0.25, 0.3) is 0 Å². The third kappa shape index (κ3) is 5.31. The van der Waals surface area contributed by atoms with Crippen LogP contribution in [0.5, 0.6) is 0 Å². The highest BCUT2D eigenvalue weighted by molar-refractivity contribution is 5.94. The molecule has 3 amide bonds. The Kier molecular flexibility index (Phi) is 7.14. The Labute approximate surface area is 154 Å². The molecule has 0 fully saturated rings. The molecule has 2 rings (SSSR count). The van der Waals surface area contributed by atoms with Gasteiger partial charge in [0.15, 0.2) is 0 Å². The molecule has 0 aliphatic rings. The highest BCUT2D eigenvalue weighted by Crippen LogP contribution is 2.08. The van der Waals surface area contributed by atoms with Crippen molar-refractivity contribution in [3.05, 3.63) is 65.5 Å². The number of nitrogens with zero attached hydrogens (tertiary/aromatic N) is 3. The van der Waals surface area contributed by atoms with Crippen LogP contribution in [0, 0.1) is 0 Å². The molecule has 0 aliphatic carbocycles. The fraction of sp³-hybridized carbons (Fsp3) is 0.350. The first-order valence-corrected chi connectivity index (χ1v) is 8.81. The Balaban J connectivity index is 1.87. The molecular formula is C20H26N4O2. The van der Waals surface area contributed by atoms with E-state index in [1.54, 1.807) is 29.2 Å². The van der Waals surface area contributed by atoms with Gasteiger partial charge in [-0.05, 0) is 49.2 Å². The number of hydrogen-bond acceptors (Lipinski definition) is 3. The topological polar surface area (TPSA) is 65.5 Å². The monoisotopic (exact) mass is 354 g/mol. The number of hydrogen-bond donors (Lipinski definition) is 1. The van der Waals surface area contributed by atoms with Crippen molar-refractivity contribution in [2.45, 2.75) is 26.9 Å². The number of aromatic nitrogens is 1. The Hall–Kier alpha value is -2.89. The van der Waals surface area contributed by atoms with Crippen molar-refractivity contribution >= 4 is 11.9 Å². The second-order valence-electron chi connectivity index (χ2n) is 6.04. The van der Waals surface area contributed by atoms with Crippen LogP contribution in [0.15, 0.2) is 48.8 Å². The van der Waals surface area contributed by atoms with Gasteiger partial charge in [-0.2, -0.15) is 0 Å². The smallest absolute Gasteiger partial charge is 0.317 e. The third-order valence-electron chi connectivity index (χ3n) is 4.21. The maximum Gasteiger partial charge on any atom is 0.317 e. The van der Waals surface area contributed by atoms with Gasteiger partial charge in [0, 0.05) is 51.2 Å². The Bertz CT molecular complexity index is 712. The van der Waals surface area contributed by atoms with Gasteiger partial charge >= 0.3 is 6.03 Å². The number of urea groups is 1. The molecule has 0 saturated carbocycles. The number of carbonyl (C=O) groups is 2. The largest absolute Gasteiger partial charge is 0.339 e. The molecule has 6 heteroatoms. The number of pyridine rings is 1. The molecule has 1 aromatic heterocycles. The standard InChI is InChI=1S/C20H26N4O2/c1-4-24(5-2)19(25)18-8-6-16(7-9-18)14-22-20(26)23(3)15-17-10-12-21-13-11-17/h6-13H,4-5,14-15H2,1-3H3,(H,22,26). The highest BCUT2D eigenvalue weighted by atomic mass is 16.2. The summed E-state index contributed by atoms with van der Waals surface area (Å²) in [5.74, 6) is 0.0302. The summed E-state index contributed by atoms with van der Waals surface area (Å²) < 4.78 is 0. The fourth-order valence-electron chi connectivity index (χ4n) is 2.61. The van der Waals surface area contributed by atoms with E-state index in [2.05, 4.69) is 10.3 Å². The molecule has 0 radical (unpaired) electrons. The average molecular weight is 354 g/mol. The van der Waals surface area contributed by atoms with E-state index in [0.29, 0.717) is 31.7 Å². The summed E-state index contributed by atoms with van der Waals surface area (Å²) >= 11 is 0. The Morgan fingerprint density at radius 1 is 0.962 bits per heavy atom. The van der Waals surface area contributed by atoms with Crippen molar-refractivity contribution in [2.24, 2.45) is 0 Å². The zero-order valence-electron chi connectivity index (χ0n) is 15.6. The van der Waals surface area contributed by atoms with E-state index in [1.807, 2.05) is 50.2 Å². The number of benzene rings is 1. The van der Waals surface area contributed by atoms with Gasteiger partial charge in [0.05, 0.1) is 0 Å². The van der Waals surface area contributed by atoms with Crippen LogP contribution in [0.2, 0.25) is 0 Å². The van der Waals surface area contributed by atoms with Crippen LogP contribution < -0.4 is 5.32 Å². The molecule has 138 valence electrons. The summed E-state index contributed by atoms with van der Waals surface area (Å²) in [5.41, 5.74) is 2.64. The Morgan fingerprint density at radius 3 is 2.15 bits per heavy atom. The summed E-state index contributed by atoms with van der Waals surface area (Å²) in [5, 5.41) is 2.89. The Morgan fingerprint density at radius 2 is 1.58 bits per heavy atom. The number of rotatable bonds is 7. The van der Waals surface area contributed by atoms with Crippen molar-refractivity contribution in [3.63, 3.8) is 0 Å².